The molecule has 1 amide bonds. The van der Waals surface area contributed by atoms with Crippen LogP contribution >= 0.6 is 11.6 Å². The molecular weight excluding hydrogens is 440 g/mol. The maximum Gasteiger partial charge on any atom is 0.300 e. The van der Waals surface area contributed by atoms with E-state index in [-0.39, 0.29) is 21.8 Å². The summed E-state index contributed by atoms with van der Waals surface area (Å²) < 4.78 is 32.0. The third-order valence-corrected chi connectivity index (χ3v) is 5.46. The lowest BCUT2D eigenvalue weighted by Gasteiger charge is -2.26. The van der Waals surface area contributed by atoms with Gasteiger partial charge in [-0.15, -0.1) is 0 Å². The van der Waals surface area contributed by atoms with Crippen molar-refractivity contribution in [2.45, 2.75) is 6.04 Å². The molecule has 1 fully saturated rings. The zero-order valence-corrected chi connectivity index (χ0v) is 17.4. The molecule has 5 nitrogen and oxygen atoms in total. The zero-order chi connectivity index (χ0) is 23.0. The van der Waals surface area contributed by atoms with Crippen molar-refractivity contribution < 1.29 is 28.2 Å². The Balaban J connectivity index is 1.93. The van der Waals surface area contributed by atoms with Crippen LogP contribution in [0.4, 0.5) is 14.5 Å². The van der Waals surface area contributed by atoms with Crippen molar-refractivity contribution in [2.24, 2.45) is 0 Å². The van der Waals surface area contributed by atoms with Crippen LogP contribution in [0.25, 0.3) is 5.76 Å². The van der Waals surface area contributed by atoms with Crippen molar-refractivity contribution in [1.29, 1.82) is 0 Å². The first-order valence-electron chi connectivity index (χ1n) is 9.47. The number of hydrogen-bond acceptors (Lipinski definition) is 4. The van der Waals surface area contributed by atoms with Crippen LogP contribution < -0.4 is 9.64 Å². The fourth-order valence-electron chi connectivity index (χ4n) is 3.63. The summed E-state index contributed by atoms with van der Waals surface area (Å²) in [5.41, 5.74) is 0.621. The highest BCUT2D eigenvalue weighted by Gasteiger charge is 2.47. The fourth-order valence-corrected chi connectivity index (χ4v) is 3.88. The second-order valence-electron chi connectivity index (χ2n) is 7.05. The first-order chi connectivity index (χ1) is 15.3. The molecule has 3 aromatic carbocycles. The number of nitrogens with zero attached hydrogens (tertiary/aromatic N) is 1. The molecule has 0 radical (unpaired) electrons. The minimum absolute atomic E-state index is 0.157. The summed E-state index contributed by atoms with van der Waals surface area (Å²) >= 11 is 6.22. The number of aliphatic hydroxyl groups is 1. The van der Waals surface area contributed by atoms with Crippen molar-refractivity contribution in [1.82, 2.24) is 0 Å². The Morgan fingerprint density at radius 3 is 2.12 bits per heavy atom. The van der Waals surface area contributed by atoms with E-state index >= 15 is 0 Å². The number of aliphatic hydroxyl groups excluding tert-OH is 1. The van der Waals surface area contributed by atoms with Gasteiger partial charge in [-0.05, 0) is 60.2 Å². The Morgan fingerprint density at radius 1 is 0.969 bits per heavy atom. The zero-order valence-electron chi connectivity index (χ0n) is 16.7. The molecule has 1 atom stereocenters. The van der Waals surface area contributed by atoms with E-state index < -0.39 is 35.1 Å². The van der Waals surface area contributed by atoms with Crippen LogP contribution in [0.5, 0.6) is 5.75 Å². The normalized spacial score (nSPS) is 17.6. The monoisotopic (exact) mass is 455 g/mol. The average Bonchev–Trinajstić information content (AvgIpc) is 3.05. The highest BCUT2D eigenvalue weighted by molar-refractivity contribution is 6.51. The molecule has 0 bridgehead atoms. The number of methoxy groups -OCH3 is 1. The molecular formula is C24H16ClF2NO4. The van der Waals surface area contributed by atoms with Crippen LogP contribution in [0.2, 0.25) is 5.02 Å². The van der Waals surface area contributed by atoms with Gasteiger partial charge >= 0.3 is 0 Å². The number of rotatable bonds is 4. The maximum atomic E-state index is 13.6. The van der Waals surface area contributed by atoms with Gasteiger partial charge in [0.2, 0.25) is 0 Å². The van der Waals surface area contributed by atoms with Gasteiger partial charge in [-0.3, -0.25) is 14.5 Å². The predicted molar refractivity (Wildman–Crippen MR) is 116 cm³/mol. The lowest BCUT2D eigenvalue weighted by atomic mass is 9.95. The van der Waals surface area contributed by atoms with Crippen LogP contribution in [0, 0.1) is 11.6 Å². The van der Waals surface area contributed by atoms with Gasteiger partial charge in [0, 0.05) is 11.3 Å². The molecule has 1 saturated heterocycles. The van der Waals surface area contributed by atoms with Crippen LogP contribution in [0.1, 0.15) is 17.2 Å². The van der Waals surface area contributed by atoms with Crippen molar-refractivity contribution >= 4 is 34.7 Å². The molecule has 8 heteroatoms. The van der Waals surface area contributed by atoms with E-state index in [0.29, 0.717) is 11.3 Å². The molecule has 1 aliphatic rings. The number of Topliss-reactive ketones (excluding diaryl/α,β-unsaturated/α-hetero) is 1. The molecule has 1 heterocycles. The molecule has 0 aromatic heterocycles. The third kappa shape index (κ3) is 3.71. The van der Waals surface area contributed by atoms with Crippen LogP contribution in [0.15, 0.2) is 72.3 Å². The molecule has 162 valence electrons. The Morgan fingerprint density at radius 2 is 1.56 bits per heavy atom. The van der Waals surface area contributed by atoms with Crippen LogP contribution in [-0.4, -0.2) is 23.9 Å². The number of halogens is 3. The Kier molecular flexibility index (Phi) is 5.67. The summed E-state index contributed by atoms with van der Waals surface area (Å²) in [5.74, 6) is -2.96. The first kappa shape index (κ1) is 21.5. The SMILES string of the molecule is COc1ccc(N2C(=O)C(=O)/C(=C(/O)c3ccc(F)cc3)C2c2ccc(F)cc2)cc1Cl. The summed E-state index contributed by atoms with van der Waals surface area (Å²) in [7, 11) is 1.44. The van der Waals surface area contributed by atoms with Crippen molar-refractivity contribution in [3.05, 3.63) is 100 Å². The Hall–Kier alpha value is -3.71. The number of ether oxygens (including phenoxy) is 1. The molecule has 3 aromatic rings. The van der Waals surface area contributed by atoms with E-state index in [9.17, 15) is 23.5 Å². The molecule has 1 unspecified atom stereocenters. The quantitative estimate of drug-likeness (QED) is 0.331. The van der Waals surface area contributed by atoms with E-state index in [1.807, 2.05) is 0 Å². The Labute approximate surface area is 187 Å². The number of amides is 1. The van der Waals surface area contributed by atoms with Gasteiger partial charge in [-0.2, -0.15) is 0 Å². The maximum absolute atomic E-state index is 13.6. The number of carbonyl (C=O) groups is 2. The van der Waals surface area contributed by atoms with Gasteiger partial charge in [0.25, 0.3) is 11.7 Å². The summed E-state index contributed by atoms with van der Waals surface area (Å²) in [5, 5.41) is 11.1. The number of anilines is 1. The average molecular weight is 456 g/mol. The van der Waals surface area contributed by atoms with Gasteiger partial charge in [-0.25, -0.2) is 8.78 Å². The highest BCUT2D eigenvalue weighted by Crippen LogP contribution is 2.43. The summed E-state index contributed by atoms with van der Waals surface area (Å²) in [6.45, 7) is 0. The molecule has 4 rings (SSSR count). The van der Waals surface area contributed by atoms with Crippen molar-refractivity contribution in [3.8, 4) is 5.75 Å². The molecule has 1 N–H and O–H groups in total. The third-order valence-electron chi connectivity index (χ3n) is 5.16. The topological polar surface area (TPSA) is 66.8 Å². The summed E-state index contributed by atoms with van der Waals surface area (Å²) in [6, 6.07) is 13.5. The molecule has 0 aliphatic carbocycles. The summed E-state index contributed by atoms with van der Waals surface area (Å²) in [4.78, 5) is 27.2. The van der Waals surface area contributed by atoms with Gasteiger partial charge in [0.05, 0.1) is 23.7 Å². The first-order valence-corrected chi connectivity index (χ1v) is 9.85. The van der Waals surface area contributed by atoms with Gasteiger partial charge in [0.1, 0.15) is 23.1 Å². The number of hydrogen-bond donors (Lipinski definition) is 1. The number of carbonyl (C=O) groups excluding carboxylic acids is 2. The van der Waals surface area contributed by atoms with Crippen LogP contribution in [0.3, 0.4) is 0 Å². The van der Waals surface area contributed by atoms with Gasteiger partial charge in [0.15, 0.2) is 0 Å². The highest BCUT2D eigenvalue weighted by atomic mass is 35.5. The lowest BCUT2D eigenvalue weighted by molar-refractivity contribution is -0.132. The van der Waals surface area contributed by atoms with E-state index in [1.54, 1.807) is 12.1 Å². The van der Waals surface area contributed by atoms with Gasteiger partial charge in [-0.1, -0.05) is 23.7 Å². The second kappa shape index (κ2) is 8.43. The van der Waals surface area contributed by atoms with Crippen molar-refractivity contribution in [3.63, 3.8) is 0 Å². The standard InChI is InChI=1S/C24H16ClF2NO4/c1-32-19-11-10-17(12-18(19)25)28-21(13-2-6-15(26)7-3-13)20(23(30)24(28)31)22(29)14-4-8-16(27)9-5-14/h2-12,21,29H,1H3/b22-20+. The van der Waals surface area contributed by atoms with E-state index in [0.717, 1.165) is 12.1 Å². The summed E-state index contributed by atoms with van der Waals surface area (Å²) in [6.07, 6.45) is 0. The molecule has 0 spiro atoms. The van der Waals surface area contributed by atoms with Crippen molar-refractivity contribution in [2.75, 3.05) is 12.0 Å². The van der Waals surface area contributed by atoms with Crippen LogP contribution in [-0.2, 0) is 9.59 Å². The second-order valence-corrected chi connectivity index (χ2v) is 7.45. The number of benzene rings is 3. The molecule has 1 aliphatic heterocycles. The minimum Gasteiger partial charge on any atom is -0.507 e. The van der Waals surface area contributed by atoms with Gasteiger partial charge < -0.3 is 9.84 Å². The molecule has 0 saturated carbocycles. The van der Waals surface area contributed by atoms with E-state index in [4.69, 9.17) is 16.3 Å². The fraction of sp³-hybridized carbons (Fsp3) is 0.0833. The van der Waals surface area contributed by atoms with E-state index in [1.165, 1.54) is 54.5 Å². The molecule has 32 heavy (non-hydrogen) atoms. The Bertz CT molecular complexity index is 1240. The smallest absolute Gasteiger partial charge is 0.300 e. The lowest BCUT2D eigenvalue weighted by Crippen LogP contribution is -2.29. The largest absolute Gasteiger partial charge is 0.507 e. The number of ketones is 1. The predicted octanol–water partition coefficient (Wildman–Crippen LogP) is 5.25. The minimum atomic E-state index is -1.06. The van der Waals surface area contributed by atoms with E-state index in [2.05, 4.69) is 0 Å².